The van der Waals surface area contributed by atoms with E-state index < -0.39 is 23.0 Å². The van der Waals surface area contributed by atoms with Gasteiger partial charge in [0.1, 0.15) is 5.82 Å². The predicted molar refractivity (Wildman–Crippen MR) is 105 cm³/mol. The van der Waals surface area contributed by atoms with E-state index in [1.165, 1.54) is 18.2 Å². The molecular weight excluding hydrogens is 389 g/mol. The van der Waals surface area contributed by atoms with Crippen molar-refractivity contribution >= 4 is 40.4 Å². The van der Waals surface area contributed by atoms with Crippen LogP contribution in [0.3, 0.4) is 0 Å². The second kappa shape index (κ2) is 7.90. The van der Waals surface area contributed by atoms with Gasteiger partial charge in [-0.15, -0.1) is 11.3 Å². The summed E-state index contributed by atoms with van der Waals surface area (Å²) in [6.07, 6.45) is 0.0280. The highest BCUT2D eigenvalue weighted by Crippen LogP contribution is 2.29. The lowest BCUT2D eigenvalue weighted by Gasteiger charge is -2.19. The fourth-order valence-corrected chi connectivity index (χ4v) is 4.02. The number of carbonyl (C=O) groups excluding carboxylic acids is 3. The third-order valence-corrected chi connectivity index (χ3v) is 5.35. The smallest absolute Gasteiger partial charge is 0.293 e. The summed E-state index contributed by atoms with van der Waals surface area (Å²) in [7, 11) is 0. The van der Waals surface area contributed by atoms with E-state index in [9.17, 15) is 18.8 Å². The van der Waals surface area contributed by atoms with E-state index >= 15 is 0 Å². The number of hydrogen-bond donors (Lipinski definition) is 1. The predicted octanol–water partition coefficient (Wildman–Crippen LogP) is 4.68. The monoisotopic (exact) mass is 409 g/mol. The normalized spacial score (nSPS) is 11.4. The summed E-state index contributed by atoms with van der Waals surface area (Å²) in [5.74, 6) is -2.11. The summed E-state index contributed by atoms with van der Waals surface area (Å²) < 4.78 is 13.3. The van der Waals surface area contributed by atoms with Gasteiger partial charge in [0.15, 0.2) is 5.78 Å². The molecule has 4 nitrogen and oxygen atoms in total. The number of halogens is 2. The molecule has 1 aromatic carbocycles. The summed E-state index contributed by atoms with van der Waals surface area (Å²) in [6.45, 7) is 8.75. The average molecular weight is 410 g/mol. The Labute approximate surface area is 166 Å². The molecular formula is C20H21ClFNO3S. The number of Topliss-reactive ketones (excluding diaryl/α,β-unsaturated/α-hetero) is 2. The molecule has 1 aromatic heterocycles. The van der Waals surface area contributed by atoms with Gasteiger partial charge >= 0.3 is 0 Å². The number of hydrogen-bond acceptors (Lipinski definition) is 4. The van der Waals surface area contributed by atoms with Gasteiger partial charge in [0.25, 0.3) is 11.7 Å². The lowest BCUT2D eigenvalue weighted by molar-refractivity contribution is -0.118. The maximum atomic E-state index is 13.3. The summed E-state index contributed by atoms with van der Waals surface area (Å²) in [5.41, 5.74) is 0.958. The number of benzene rings is 1. The summed E-state index contributed by atoms with van der Waals surface area (Å²) in [4.78, 5) is 38.3. The largest absolute Gasteiger partial charge is 0.345 e. The molecule has 2 aromatic rings. The maximum Gasteiger partial charge on any atom is 0.293 e. The van der Waals surface area contributed by atoms with Crippen molar-refractivity contribution in [1.29, 1.82) is 0 Å². The van der Waals surface area contributed by atoms with Gasteiger partial charge in [-0.05, 0) is 57.9 Å². The van der Waals surface area contributed by atoms with Gasteiger partial charge < -0.3 is 5.32 Å². The molecule has 0 aliphatic heterocycles. The van der Waals surface area contributed by atoms with Crippen molar-refractivity contribution in [2.45, 2.75) is 46.6 Å². The maximum absolute atomic E-state index is 13.3. The van der Waals surface area contributed by atoms with Crippen molar-refractivity contribution in [2.75, 3.05) is 0 Å². The van der Waals surface area contributed by atoms with Crippen LogP contribution in [0.1, 0.15) is 56.8 Å². The molecule has 0 spiro atoms. The van der Waals surface area contributed by atoms with Gasteiger partial charge in [0.2, 0.25) is 0 Å². The number of nitrogens with one attached hydrogen (secondary N) is 1. The van der Waals surface area contributed by atoms with Gasteiger partial charge in [-0.3, -0.25) is 14.4 Å². The molecule has 0 unspecified atom stereocenters. The SMILES string of the molecule is Cc1sc(C(=O)C(=O)NC(C)(C)C)c(C)c1C(=O)Cc1ccc(F)c(Cl)c1. The molecule has 0 atom stereocenters. The van der Waals surface area contributed by atoms with Crippen LogP contribution in [0.2, 0.25) is 5.02 Å². The van der Waals surface area contributed by atoms with Gasteiger partial charge in [-0.2, -0.15) is 0 Å². The van der Waals surface area contributed by atoms with Crippen LogP contribution in [0, 0.1) is 19.7 Å². The van der Waals surface area contributed by atoms with Crippen LogP contribution in [0.15, 0.2) is 18.2 Å². The number of rotatable bonds is 5. The van der Waals surface area contributed by atoms with E-state index in [-0.39, 0.29) is 22.1 Å². The minimum atomic E-state index is -0.698. The van der Waals surface area contributed by atoms with E-state index in [0.717, 1.165) is 11.3 Å². The number of aryl methyl sites for hydroxylation is 1. The molecule has 27 heavy (non-hydrogen) atoms. The van der Waals surface area contributed by atoms with Crippen molar-refractivity contribution in [3.8, 4) is 0 Å². The Hall–Kier alpha value is -2.05. The zero-order valence-corrected chi connectivity index (χ0v) is 17.4. The Kier molecular flexibility index (Phi) is 6.22. The highest BCUT2D eigenvalue weighted by Gasteiger charge is 2.28. The second-order valence-corrected chi connectivity index (χ2v) is 9.00. The van der Waals surface area contributed by atoms with Crippen LogP contribution in [0.25, 0.3) is 0 Å². The Morgan fingerprint density at radius 1 is 1.19 bits per heavy atom. The molecule has 0 aliphatic rings. The Morgan fingerprint density at radius 2 is 1.81 bits per heavy atom. The lowest BCUT2D eigenvalue weighted by Crippen LogP contribution is -2.44. The number of ketones is 2. The summed E-state index contributed by atoms with van der Waals surface area (Å²) in [6, 6.07) is 4.12. The average Bonchev–Trinajstić information content (AvgIpc) is 2.83. The quantitative estimate of drug-likeness (QED) is 0.576. The molecule has 0 saturated carbocycles. The van der Waals surface area contributed by atoms with Gasteiger partial charge in [-0.1, -0.05) is 17.7 Å². The third-order valence-electron chi connectivity index (χ3n) is 3.85. The van der Waals surface area contributed by atoms with Crippen LogP contribution < -0.4 is 5.32 Å². The first-order chi connectivity index (χ1) is 12.4. The summed E-state index contributed by atoms with van der Waals surface area (Å²) >= 11 is 6.90. The third kappa shape index (κ3) is 5.02. The Bertz CT molecular complexity index is 928. The van der Waals surface area contributed by atoms with Crippen LogP contribution in [0.5, 0.6) is 0 Å². The van der Waals surface area contributed by atoms with Gasteiger partial charge in [0.05, 0.1) is 9.90 Å². The fraction of sp³-hybridized carbons (Fsp3) is 0.350. The van der Waals surface area contributed by atoms with E-state index in [1.54, 1.807) is 34.6 Å². The first-order valence-corrected chi connectivity index (χ1v) is 9.54. The molecule has 2 rings (SSSR count). The van der Waals surface area contributed by atoms with Crippen LogP contribution >= 0.6 is 22.9 Å². The van der Waals surface area contributed by atoms with E-state index in [4.69, 9.17) is 11.6 Å². The molecule has 1 amide bonds. The Balaban J connectivity index is 2.28. The minimum Gasteiger partial charge on any atom is -0.345 e. The van der Waals surface area contributed by atoms with Gasteiger partial charge in [-0.25, -0.2) is 4.39 Å². The lowest BCUT2D eigenvalue weighted by atomic mass is 9.98. The molecule has 144 valence electrons. The topological polar surface area (TPSA) is 63.2 Å². The number of carbonyl (C=O) groups is 3. The Morgan fingerprint density at radius 3 is 2.37 bits per heavy atom. The molecule has 0 radical (unpaired) electrons. The van der Waals surface area contributed by atoms with Crippen LogP contribution in [-0.4, -0.2) is 23.0 Å². The minimum absolute atomic E-state index is 0.0280. The first-order valence-electron chi connectivity index (χ1n) is 8.34. The number of thiophene rings is 1. The van der Waals surface area contributed by atoms with E-state index in [0.29, 0.717) is 21.6 Å². The molecule has 1 heterocycles. The fourth-order valence-electron chi connectivity index (χ4n) is 2.70. The van der Waals surface area contributed by atoms with Crippen molar-refractivity contribution in [1.82, 2.24) is 5.32 Å². The van der Waals surface area contributed by atoms with Crippen molar-refractivity contribution in [2.24, 2.45) is 0 Å². The van der Waals surface area contributed by atoms with Crippen LogP contribution in [-0.2, 0) is 11.2 Å². The molecule has 0 bridgehead atoms. The molecule has 7 heteroatoms. The number of amides is 1. The molecule has 0 fully saturated rings. The second-order valence-electron chi connectivity index (χ2n) is 7.37. The van der Waals surface area contributed by atoms with Crippen molar-refractivity contribution in [3.63, 3.8) is 0 Å². The zero-order chi connectivity index (χ0) is 20.5. The summed E-state index contributed by atoms with van der Waals surface area (Å²) in [5, 5.41) is 2.59. The van der Waals surface area contributed by atoms with E-state index in [2.05, 4.69) is 5.32 Å². The molecule has 0 aliphatic carbocycles. The highest BCUT2D eigenvalue weighted by molar-refractivity contribution is 7.15. The highest BCUT2D eigenvalue weighted by atomic mass is 35.5. The first kappa shape index (κ1) is 21.3. The molecule has 1 N–H and O–H groups in total. The van der Waals surface area contributed by atoms with Crippen molar-refractivity contribution < 1.29 is 18.8 Å². The van der Waals surface area contributed by atoms with Crippen LogP contribution in [0.4, 0.5) is 4.39 Å². The van der Waals surface area contributed by atoms with Crippen molar-refractivity contribution in [3.05, 3.63) is 55.5 Å². The van der Waals surface area contributed by atoms with Gasteiger partial charge in [0, 0.05) is 22.4 Å². The standard InChI is InChI=1S/C20H21ClFNO3S/c1-10-16(15(24)9-12-6-7-14(22)13(21)8-12)11(2)27-18(10)17(25)19(26)23-20(3,4)5/h6-8H,9H2,1-5H3,(H,23,26). The van der Waals surface area contributed by atoms with E-state index in [1.807, 2.05) is 0 Å². The zero-order valence-electron chi connectivity index (χ0n) is 15.8. The molecule has 0 saturated heterocycles.